The van der Waals surface area contributed by atoms with Gasteiger partial charge in [-0.15, -0.1) is 0 Å². The lowest BCUT2D eigenvalue weighted by atomic mass is 10.2. The van der Waals surface area contributed by atoms with Crippen molar-refractivity contribution in [2.24, 2.45) is 5.73 Å². The first-order valence-electron chi connectivity index (χ1n) is 3.88. The molecular weight excluding hydrogens is 207 g/mol. The first-order valence-corrected chi connectivity index (χ1v) is 5.78. The summed E-state index contributed by atoms with van der Waals surface area (Å²) >= 11 is 0. The fourth-order valence-corrected chi connectivity index (χ4v) is 1.61. The highest BCUT2D eigenvalue weighted by molar-refractivity contribution is 7.92. The summed E-state index contributed by atoms with van der Waals surface area (Å²) in [5.41, 5.74) is 6.10. The standard InChI is InChI=1S/C8H11FN2O2S/c1-14(12,13)11-8-4-7(9)3-2-6(8)5-10/h2-4,11H,5,10H2,1H3. The van der Waals surface area contributed by atoms with E-state index in [1.165, 1.54) is 12.1 Å². The van der Waals surface area contributed by atoms with Gasteiger partial charge in [-0.05, 0) is 17.7 Å². The molecule has 0 aliphatic carbocycles. The van der Waals surface area contributed by atoms with Gasteiger partial charge in [0.15, 0.2) is 0 Å². The number of nitrogens with two attached hydrogens (primary N) is 1. The normalized spacial score (nSPS) is 11.4. The molecule has 0 aromatic heterocycles. The number of sulfonamides is 1. The molecular formula is C8H11FN2O2S. The predicted octanol–water partition coefficient (Wildman–Crippen LogP) is 0.656. The first kappa shape index (κ1) is 10.9. The second-order valence-electron chi connectivity index (χ2n) is 2.88. The number of rotatable bonds is 3. The average Bonchev–Trinajstić information content (AvgIpc) is 2.01. The monoisotopic (exact) mass is 218 g/mol. The number of anilines is 1. The molecule has 1 aromatic rings. The Labute approximate surface area is 82.0 Å². The van der Waals surface area contributed by atoms with Crippen molar-refractivity contribution in [3.63, 3.8) is 0 Å². The summed E-state index contributed by atoms with van der Waals surface area (Å²) in [5.74, 6) is -0.506. The summed E-state index contributed by atoms with van der Waals surface area (Å²) in [6.07, 6.45) is 0.998. The van der Waals surface area contributed by atoms with Gasteiger partial charge in [0.25, 0.3) is 0 Å². The van der Waals surface area contributed by atoms with Gasteiger partial charge in [0.2, 0.25) is 10.0 Å². The molecule has 0 fully saturated rings. The molecule has 78 valence electrons. The summed E-state index contributed by atoms with van der Waals surface area (Å²) in [5, 5.41) is 0. The van der Waals surface area contributed by atoms with E-state index in [2.05, 4.69) is 4.72 Å². The third kappa shape index (κ3) is 2.97. The Morgan fingerprint density at radius 1 is 1.50 bits per heavy atom. The summed E-state index contributed by atoms with van der Waals surface area (Å²) in [7, 11) is -3.40. The predicted molar refractivity (Wildman–Crippen MR) is 52.8 cm³/mol. The van der Waals surface area contributed by atoms with Crippen LogP contribution in [-0.4, -0.2) is 14.7 Å². The SMILES string of the molecule is CS(=O)(=O)Nc1cc(F)ccc1CN. The van der Waals surface area contributed by atoms with Crippen LogP contribution < -0.4 is 10.5 Å². The Kier molecular flexibility index (Phi) is 3.07. The number of nitrogens with one attached hydrogen (secondary N) is 1. The summed E-state index contributed by atoms with van der Waals surface area (Å²) in [6, 6.07) is 3.78. The molecule has 0 saturated carbocycles. The minimum absolute atomic E-state index is 0.151. The maximum absolute atomic E-state index is 12.8. The van der Waals surface area contributed by atoms with Gasteiger partial charge in [0.1, 0.15) is 5.82 Å². The summed E-state index contributed by atoms with van der Waals surface area (Å²) in [4.78, 5) is 0. The second-order valence-corrected chi connectivity index (χ2v) is 4.63. The van der Waals surface area contributed by atoms with Gasteiger partial charge in [-0.2, -0.15) is 0 Å². The van der Waals surface area contributed by atoms with Gasteiger partial charge in [0.05, 0.1) is 11.9 Å². The Morgan fingerprint density at radius 2 is 2.14 bits per heavy atom. The molecule has 4 nitrogen and oxygen atoms in total. The lowest BCUT2D eigenvalue weighted by Crippen LogP contribution is -2.12. The molecule has 14 heavy (non-hydrogen) atoms. The molecule has 0 unspecified atom stereocenters. The molecule has 0 heterocycles. The van der Waals surface area contributed by atoms with Gasteiger partial charge < -0.3 is 5.73 Å². The van der Waals surface area contributed by atoms with Crippen LogP contribution in [0.2, 0.25) is 0 Å². The van der Waals surface area contributed by atoms with Crippen LogP contribution in [0.1, 0.15) is 5.56 Å². The Hall–Kier alpha value is -1.14. The van der Waals surface area contributed by atoms with Crippen LogP contribution >= 0.6 is 0 Å². The van der Waals surface area contributed by atoms with Crippen molar-refractivity contribution < 1.29 is 12.8 Å². The van der Waals surface area contributed by atoms with Crippen LogP contribution in [0.3, 0.4) is 0 Å². The fraction of sp³-hybridized carbons (Fsp3) is 0.250. The van der Waals surface area contributed by atoms with E-state index in [1.54, 1.807) is 0 Å². The van der Waals surface area contributed by atoms with E-state index < -0.39 is 15.8 Å². The van der Waals surface area contributed by atoms with Crippen LogP contribution in [0, 0.1) is 5.82 Å². The second kappa shape index (κ2) is 3.93. The van der Waals surface area contributed by atoms with Crippen molar-refractivity contribution in [1.82, 2.24) is 0 Å². The zero-order valence-electron chi connectivity index (χ0n) is 7.62. The van der Waals surface area contributed by atoms with E-state index in [4.69, 9.17) is 5.73 Å². The molecule has 1 rings (SSSR count). The molecule has 0 aliphatic heterocycles. The van der Waals surface area contributed by atoms with Crippen molar-refractivity contribution in [2.75, 3.05) is 11.0 Å². The lowest BCUT2D eigenvalue weighted by Gasteiger charge is -2.08. The maximum atomic E-state index is 12.8. The van der Waals surface area contributed by atoms with E-state index in [1.807, 2.05) is 0 Å². The van der Waals surface area contributed by atoms with Crippen molar-refractivity contribution in [2.45, 2.75) is 6.54 Å². The van der Waals surface area contributed by atoms with Crippen LogP contribution in [0.4, 0.5) is 10.1 Å². The van der Waals surface area contributed by atoms with Gasteiger partial charge in [0, 0.05) is 6.54 Å². The van der Waals surface area contributed by atoms with Crippen molar-refractivity contribution in [3.8, 4) is 0 Å². The maximum Gasteiger partial charge on any atom is 0.229 e. The minimum Gasteiger partial charge on any atom is -0.326 e. The first-order chi connectivity index (χ1) is 6.42. The zero-order chi connectivity index (χ0) is 10.8. The van der Waals surface area contributed by atoms with E-state index in [9.17, 15) is 12.8 Å². The highest BCUT2D eigenvalue weighted by Gasteiger charge is 2.07. The van der Waals surface area contributed by atoms with E-state index >= 15 is 0 Å². The van der Waals surface area contributed by atoms with Crippen LogP contribution in [0.15, 0.2) is 18.2 Å². The third-order valence-corrected chi connectivity index (χ3v) is 2.18. The number of benzene rings is 1. The van der Waals surface area contributed by atoms with Gasteiger partial charge in [-0.1, -0.05) is 6.07 Å². The number of hydrogen-bond acceptors (Lipinski definition) is 3. The van der Waals surface area contributed by atoms with Crippen molar-refractivity contribution >= 4 is 15.7 Å². The highest BCUT2D eigenvalue weighted by Crippen LogP contribution is 2.17. The molecule has 0 saturated heterocycles. The molecule has 0 bridgehead atoms. The van der Waals surface area contributed by atoms with E-state index in [0.717, 1.165) is 12.3 Å². The van der Waals surface area contributed by atoms with Crippen molar-refractivity contribution in [1.29, 1.82) is 0 Å². The molecule has 0 amide bonds. The average molecular weight is 218 g/mol. The van der Waals surface area contributed by atoms with Crippen LogP contribution in [0.25, 0.3) is 0 Å². The topological polar surface area (TPSA) is 72.2 Å². The van der Waals surface area contributed by atoms with Crippen LogP contribution in [0.5, 0.6) is 0 Å². The number of halogens is 1. The van der Waals surface area contributed by atoms with Gasteiger partial charge in [-0.25, -0.2) is 12.8 Å². The minimum atomic E-state index is -3.40. The lowest BCUT2D eigenvalue weighted by molar-refractivity contribution is 0.606. The van der Waals surface area contributed by atoms with Crippen molar-refractivity contribution in [3.05, 3.63) is 29.6 Å². The number of hydrogen-bond donors (Lipinski definition) is 2. The quantitative estimate of drug-likeness (QED) is 0.782. The highest BCUT2D eigenvalue weighted by atomic mass is 32.2. The Morgan fingerprint density at radius 3 is 2.64 bits per heavy atom. The molecule has 0 spiro atoms. The smallest absolute Gasteiger partial charge is 0.229 e. The molecule has 0 aliphatic rings. The largest absolute Gasteiger partial charge is 0.326 e. The molecule has 1 aromatic carbocycles. The Bertz CT molecular complexity index is 431. The Balaban J connectivity index is 3.11. The summed E-state index contributed by atoms with van der Waals surface area (Å²) < 4.78 is 36.8. The fourth-order valence-electron chi connectivity index (χ4n) is 1.02. The molecule has 0 atom stereocenters. The molecule has 0 radical (unpaired) electrons. The van der Waals surface area contributed by atoms with E-state index in [-0.39, 0.29) is 12.2 Å². The van der Waals surface area contributed by atoms with Gasteiger partial charge in [-0.3, -0.25) is 4.72 Å². The summed E-state index contributed by atoms with van der Waals surface area (Å²) in [6.45, 7) is 0.151. The van der Waals surface area contributed by atoms with Gasteiger partial charge >= 0.3 is 0 Å². The molecule has 6 heteroatoms. The van der Waals surface area contributed by atoms with Crippen LogP contribution in [-0.2, 0) is 16.6 Å². The zero-order valence-corrected chi connectivity index (χ0v) is 8.44. The third-order valence-electron chi connectivity index (χ3n) is 1.59. The molecule has 3 N–H and O–H groups in total. The van der Waals surface area contributed by atoms with E-state index in [0.29, 0.717) is 5.56 Å².